The van der Waals surface area contributed by atoms with Crippen LogP contribution in [0.3, 0.4) is 0 Å². The zero-order chi connectivity index (χ0) is 12.5. The van der Waals surface area contributed by atoms with Gasteiger partial charge in [-0.15, -0.1) is 0 Å². The predicted octanol–water partition coefficient (Wildman–Crippen LogP) is 2.96. The number of hydrogen-bond acceptors (Lipinski definition) is 2. The van der Waals surface area contributed by atoms with E-state index < -0.39 is 0 Å². The fourth-order valence-electron chi connectivity index (χ4n) is 1.55. The van der Waals surface area contributed by atoms with Crippen molar-refractivity contribution in [2.24, 2.45) is 0 Å². The molecule has 17 heavy (non-hydrogen) atoms. The van der Waals surface area contributed by atoms with Crippen molar-refractivity contribution < 1.29 is 4.39 Å². The molecule has 0 saturated carbocycles. The second kappa shape index (κ2) is 8.45. The summed E-state index contributed by atoms with van der Waals surface area (Å²) in [4.78, 5) is 0. The molecular formula is C13H20ClFN2. The molecule has 0 aromatic heterocycles. The first kappa shape index (κ1) is 14.4. The summed E-state index contributed by atoms with van der Waals surface area (Å²) in [5, 5.41) is 7.00. The summed E-state index contributed by atoms with van der Waals surface area (Å²) in [6.45, 7) is 5.54. The number of benzene rings is 1. The first-order chi connectivity index (χ1) is 8.25. The van der Waals surface area contributed by atoms with Crippen molar-refractivity contribution in [1.29, 1.82) is 0 Å². The summed E-state index contributed by atoms with van der Waals surface area (Å²) in [6, 6.07) is 4.77. The van der Waals surface area contributed by atoms with E-state index in [1.54, 1.807) is 12.1 Å². The van der Waals surface area contributed by atoms with Crippen molar-refractivity contribution in [2.75, 3.05) is 19.6 Å². The summed E-state index contributed by atoms with van der Waals surface area (Å²) in [6.07, 6.45) is 2.18. The van der Waals surface area contributed by atoms with Crippen LogP contribution in [0.15, 0.2) is 18.2 Å². The Bertz CT molecular complexity index is 311. The number of halogens is 2. The number of hydrogen-bond donors (Lipinski definition) is 2. The molecule has 0 unspecified atom stereocenters. The number of rotatable bonds is 8. The fourth-order valence-corrected chi connectivity index (χ4v) is 1.78. The first-order valence-corrected chi connectivity index (χ1v) is 6.47. The molecule has 0 aliphatic heterocycles. The average Bonchev–Trinajstić information content (AvgIpc) is 2.31. The smallest absolute Gasteiger partial charge is 0.129 e. The molecule has 1 aromatic carbocycles. The highest BCUT2D eigenvalue weighted by Crippen LogP contribution is 2.18. The maximum atomic E-state index is 13.4. The minimum Gasteiger partial charge on any atom is -0.317 e. The lowest BCUT2D eigenvalue weighted by molar-refractivity contribution is 0.567. The molecule has 0 radical (unpaired) electrons. The van der Waals surface area contributed by atoms with Gasteiger partial charge in [0.2, 0.25) is 0 Å². The first-order valence-electron chi connectivity index (χ1n) is 6.10. The minimum absolute atomic E-state index is 0.242. The van der Waals surface area contributed by atoms with Gasteiger partial charge in [-0.05, 0) is 44.6 Å². The van der Waals surface area contributed by atoms with E-state index in [0.717, 1.165) is 32.5 Å². The van der Waals surface area contributed by atoms with Crippen LogP contribution >= 0.6 is 11.6 Å². The Morgan fingerprint density at radius 2 is 1.94 bits per heavy atom. The highest BCUT2D eigenvalue weighted by molar-refractivity contribution is 6.31. The van der Waals surface area contributed by atoms with E-state index in [0.29, 0.717) is 17.1 Å². The van der Waals surface area contributed by atoms with Crippen molar-refractivity contribution in [3.63, 3.8) is 0 Å². The molecule has 96 valence electrons. The van der Waals surface area contributed by atoms with Crippen LogP contribution in [-0.4, -0.2) is 19.6 Å². The van der Waals surface area contributed by atoms with E-state index in [1.807, 2.05) is 0 Å². The van der Waals surface area contributed by atoms with Gasteiger partial charge in [-0.3, -0.25) is 0 Å². The molecule has 0 fully saturated rings. The minimum atomic E-state index is -0.242. The third kappa shape index (κ3) is 5.48. The fraction of sp³-hybridized carbons (Fsp3) is 0.538. The van der Waals surface area contributed by atoms with Crippen molar-refractivity contribution in [3.05, 3.63) is 34.6 Å². The van der Waals surface area contributed by atoms with Crippen LogP contribution in [0.1, 0.15) is 25.3 Å². The Kier molecular flexibility index (Phi) is 7.17. The third-order valence-electron chi connectivity index (χ3n) is 2.50. The molecule has 0 aliphatic carbocycles. The molecule has 2 N–H and O–H groups in total. The Morgan fingerprint density at radius 1 is 1.18 bits per heavy atom. The molecule has 0 bridgehead atoms. The molecule has 0 spiro atoms. The summed E-state index contributed by atoms with van der Waals surface area (Å²) in [7, 11) is 0. The van der Waals surface area contributed by atoms with Gasteiger partial charge in [0, 0.05) is 17.1 Å². The zero-order valence-corrected chi connectivity index (χ0v) is 11.0. The molecule has 0 amide bonds. The van der Waals surface area contributed by atoms with Crippen LogP contribution in [0.5, 0.6) is 0 Å². The van der Waals surface area contributed by atoms with E-state index in [4.69, 9.17) is 11.6 Å². The molecule has 0 atom stereocenters. The van der Waals surface area contributed by atoms with E-state index in [-0.39, 0.29) is 5.82 Å². The number of nitrogens with one attached hydrogen (secondary N) is 2. The summed E-state index contributed by atoms with van der Waals surface area (Å²) < 4.78 is 13.4. The predicted molar refractivity (Wildman–Crippen MR) is 70.9 cm³/mol. The highest BCUT2D eigenvalue weighted by Gasteiger charge is 2.05. The molecule has 1 rings (SSSR count). The van der Waals surface area contributed by atoms with Crippen LogP contribution < -0.4 is 10.6 Å². The summed E-state index contributed by atoms with van der Waals surface area (Å²) >= 11 is 5.92. The lowest BCUT2D eigenvalue weighted by Crippen LogP contribution is -2.22. The SMILES string of the molecule is CCCNCCCNCc1c(F)cccc1Cl. The van der Waals surface area contributed by atoms with Crippen LogP contribution in [-0.2, 0) is 6.54 Å². The zero-order valence-electron chi connectivity index (χ0n) is 10.2. The second-order valence-corrected chi connectivity index (χ2v) is 4.39. The Balaban J connectivity index is 2.18. The van der Waals surface area contributed by atoms with Gasteiger partial charge < -0.3 is 10.6 Å². The molecule has 1 aromatic rings. The van der Waals surface area contributed by atoms with Gasteiger partial charge in [-0.25, -0.2) is 4.39 Å². The van der Waals surface area contributed by atoms with Gasteiger partial charge in [0.25, 0.3) is 0 Å². The summed E-state index contributed by atoms with van der Waals surface area (Å²) in [5.74, 6) is -0.242. The Morgan fingerprint density at radius 3 is 2.65 bits per heavy atom. The maximum absolute atomic E-state index is 13.4. The van der Waals surface area contributed by atoms with Crippen molar-refractivity contribution in [1.82, 2.24) is 10.6 Å². The van der Waals surface area contributed by atoms with E-state index in [1.165, 1.54) is 6.07 Å². The normalized spacial score (nSPS) is 10.8. The molecular weight excluding hydrogens is 239 g/mol. The van der Waals surface area contributed by atoms with E-state index in [2.05, 4.69) is 17.6 Å². The Labute approximate surface area is 108 Å². The molecule has 4 heteroatoms. The van der Waals surface area contributed by atoms with E-state index >= 15 is 0 Å². The second-order valence-electron chi connectivity index (χ2n) is 3.98. The standard InChI is InChI=1S/C13H20ClFN2/c1-2-7-16-8-4-9-17-10-11-12(14)5-3-6-13(11)15/h3,5-6,16-17H,2,4,7-10H2,1H3. The lowest BCUT2D eigenvalue weighted by Gasteiger charge is -2.08. The van der Waals surface area contributed by atoms with Crippen LogP contribution in [0.2, 0.25) is 5.02 Å². The van der Waals surface area contributed by atoms with Crippen LogP contribution in [0.25, 0.3) is 0 Å². The van der Waals surface area contributed by atoms with Gasteiger partial charge in [0.1, 0.15) is 5.82 Å². The average molecular weight is 259 g/mol. The summed E-state index contributed by atoms with van der Waals surface area (Å²) in [5.41, 5.74) is 0.552. The maximum Gasteiger partial charge on any atom is 0.129 e. The van der Waals surface area contributed by atoms with Crippen LogP contribution in [0.4, 0.5) is 4.39 Å². The quantitative estimate of drug-likeness (QED) is 0.701. The molecule has 0 heterocycles. The van der Waals surface area contributed by atoms with Crippen LogP contribution in [0, 0.1) is 5.82 Å². The molecule has 2 nitrogen and oxygen atoms in total. The van der Waals surface area contributed by atoms with Crippen molar-refractivity contribution in [3.8, 4) is 0 Å². The molecule has 0 saturated heterocycles. The Hall–Kier alpha value is -0.640. The highest BCUT2D eigenvalue weighted by atomic mass is 35.5. The van der Waals surface area contributed by atoms with Crippen molar-refractivity contribution in [2.45, 2.75) is 26.3 Å². The van der Waals surface area contributed by atoms with E-state index in [9.17, 15) is 4.39 Å². The van der Waals surface area contributed by atoms with Gasteiger partial charge >= 0.3 is 0 Å². The molecule has 0 aliphatic rings. The topological polar surface area (TPSA) is 24.1 Å². The van der Waals surface area contributed by atoms with Gasteiger partial charge in [0.05, 0.1) is 0 Å². The van der Waals surface area contributed by atoms with Gasteiger partial charge in [0.15, 0.2) is 0 Å². The third-order valence-corrected chi connectivity index (χ3v) is 2.85. The van der Waals surface area contributed by atoms with Gasteiger partial charge in [-0.2, -0.15) is 0 Å². The largest absolute Gasteiger partial charge is 0.317 e. The van der Waals surface area contributed by atoms with Crippen molar-refractivity contribution >= 4 is 11.6 Å². The van der Waals surface area contributed by atoms with Gasteiger partial charge in [-0.1, -0.05) is 24.6 Å². The lowest BCUT2D eigenvalue weighted by atomic mass is 10.2. The monoisotopic (exact) mass is 258 g/mol.